The highest BCUT2D eigenvalue weighted by molar-refractivity contribution is 7.89. The average molecular weight is 297 g/mol. The largest absolute Gasteiger partial charge is 0.324 e. The van der Waals surface area contributed by atoms with Gasteiger partial charge in [-0.15, -0.1) is 0 Å². The molecule has 0 saturated carbocycles. The first-order valence-corrected chi connectivity index (χ1v) is 8.10. The quantitative estimate of drug-likeness (QED) is 0.895. The third-order valence-electron chi connectivity index (χ3n) is 3.47. The van der Waals surface area contributed by atoms with Crippen LogP contribution in [-0.4, -0.2) is 39.5 Å². The minimum Gasteiger partial charge on any atom is -0.324 e. The Kier molecular flexibility index (Phi) is 4.29. The molecule has 1 fully saturated rings. The number of nitrogens with two attached hydrogens (primary N) is 1. The van der Waals surface area contributed by atoms with Gasteiger partial charge in [0.2, 0.25) is 10.0 Å². The van der Waals surface area contributed by atoms with Crippen molar-refractivity contribution in [2.75, 3.05) is 25.0 Å². The van der Waals surface area contributed by atoms with Gasteiger partial charge in [0.15, 0.2) is 0 Å². The van der Waals surface area contributed by atoms with Crippen molar-refractivity contribution < 1.29 is 13.2 Å². The number of likely N-dealkylation sites (tertiary alicyclic amines) is 1. The van der Waals surface area contributed by atoms with Crippen molar-refractivity contribution in [3.8, 4) is 0 Å². The van der Waals surface area contributed by atoms with E-state index in [0.29, 0.717) is 5.69 Å². The van der Waals surface area contributed by atoms with Gasteiger partial charge in [-0.05, 0) is 43.5 Å². The molecule has 0 unspecified atom stereocenters. The Morgan fingerprint density at radius 2 is 1.70 bits per heavy atom. The van der Waals surface area contributed by atoms with Crippen molar-refractivity contribution in [2.45, 2.75) is 24.2 Å². The molecule has 2 amide bonds. The predicted octanol–water partition coefficient (Wildman–Crippen LogP) is 1.38. The van der Waals surface area contributed by atoms with Gasteiger partial charge < -0.3 is 4.90 Å². The summed E-state index contributed by atoms with van der Waals surface area (Å²) >= 11 is 0. The van der Waals surface area contributed by atoms with Crippen LogP contribution in [0.15, 0.2) is 29.2 Å². The fourth-order valence-electron chi connectivity index (χ4n) is 2.27. The van der Waals surface area contributed by atoms with E-state index in [0.717, 1.165) is 32.4 Å². The Balaban J connectivity index is 2.12. The van der Waals surface area contributed by atoms with Crippen molar-refractivity contribution in [1.29, 1.82) is 0 Å². The number of rotatable bonds is 2. The molecule has 0 atom stereocenters. The fourth-order valence-corrected chi connectivity index (χ4v) is 2.78. The molecule has 1 aromatic rings. The van der Waals surface area contributed by atoms with Crippen LogP contribution in [0.3, 0.4) is 0 Å². The normalized spacial score (nSPS) is 16.0. The minimum atomic E-state index is -3.70. The summed E-state index contributed by atoms with van der Waals surface area (Å²) < 4.78 is 22.4. The first kappa shape index (κ1) is 14.8. The lowest BCUT2D eigenvalue weighted by Crippen LogP contribution is -2.43. The lowest BCUT2D eigenvalue weighted by atomic mass is 10.1. The zero-order chi connectivity index (χ0) is 14.8. The Hall–Kier alpha value is -1.60. The Bertz CT molecular complexity index is 577. The van der Waals surface area contributed by atoms with Gasteiger partial charge in [-0.1, -0.05) is 0 Å². The molecule has 0 aliphatic carbocycles. The molecule has 1 aromatic carbocycles. The van der Waals surface area contributed by atoms with E-state index < -0.39 is 10.0 Å². The van der Waals surface area contributed by atoms with Crippen LogP contribution < -0.4 is 10.0 Å². The van der Waals surface area contributed by atoms with Crippen LogP contribution in [0.5, 0.6) is 0 Å². The molecule has 1 aliphatic rings. The van der Waals surface area contributed by atoms with Crippen molar-refractivity contribution in [2.24, 2.45) is 5.14 Å². The van der Waals surface area contributed by atoms with E-state index in [1.165, 1.54) is 17.0 Å². The van der Waals surface area contributed by atoms with Gasteiger partial charge in [0.25, 0.3) is 0 Å². The maximum atomic E-state index is 12.3. The maximum absolute atomic E-state index is 12.3. The van der Waals surface area contributed by atoms with Crippen LogP contribution in [0.4, 0.5) is 10.5 Å². The van der Waals surface area contributed by atoms with Gasteiger partial charge in [-0.2, -0.15) is 0 Å². The van der Waals surface area contributed by atoms with E-state index in [-0.39, 0.29) is 10.9 Å². The third kappa shape index (κ3) is 3.29. The second-order valence-corrected chi connectivity index (χ2v) is 6.49. The number of sulfonamides is 1. The first-order chi connectivity index (χ1) is 9.39. The molecule has 1 heterocycles. The SMILES string of the molecule is CN(C(=O)N1CCCCC1)c1ccc(S(N)(=O)=O)cc1. The molecule has 110 valence electrons. The molecule has 2 rings (SSSR count). The summed E-state index contributed by atoms with van der Waals surface area (Å²) in [6, 6.07) is 5.92. The number of primary sulfonamides is 1. The molecule has 7 heteroatoms. The van der Waals surface area contributed by atoms with Crippen LogP contribution in [0.1, 0.15) is 19.3 Å². The molecular weight excluding hydrogens is 278 g/mol. The maximum Gasteiger partial charge on any atom is 0.324 e. The van der Waals surface area contributed by atoms with Gasteiger partial charge in [0.05, 0.1) is 4.90 Å². The van der Waals surface area contributed by atoms with Crippen molar-refractivity contribution in [3.63, 3.8) is 0 Å². The van der Waals surface area contributed by atoms with Crippen LogP contribution in [0.25, 0.3) is 0 Å². The summed E-state index contributed by atoms with van der Waals surface area (Å²) in [4.78, 5) is 15.7. The highest BCUT2D eigenvalue weighted by atomic mass is 32.2. The smallest absolute Gasteiger partial charge is 0.324 e. The van der Waals surface area contributed by atoms with Crippen LogP contribution >= 0.6 is 0 Å². The molecule has 20 heavy (non-hydrogen) atoms. The van der Waals surface area contributed by atoms with Gasteiger partial charge in [-0.25, -0.2) is 18.4 Å². The number of carbonyl (C=O) groups excluding carboxylic acids is 1. The second kappa shape index (κ2) is 5.80. The van der Waals surface area contributed by atoms with E-state index >= 15 is 0 Å². The summed E-state index contributed by atoms with van der Waals surface area (Å²) in [5.74, 6) is 0. The number of anilines is 1. The second-order valence-electron chi connectivity index (χ2n) is 4.93. The van der Waals surface area contributed by atoms with Gasteiger partial charge in [0, 0.05) is 25.8 Å². The Labute approximate surface area is 119 Å². The average Bonchev–Trinajstić information content (AvgIpc) is 2.46. The molecule has 0 radical (unpaired) electrons. The fraction of sp³-hybridized carbons (Fsp3) is 0.462. The molecule has 0 bridgehead atoms. The van der Waals surface area contributed by atoms with Crippen LogP contribution in [0.2, 0.25) is 0 Å². The van der Waals surface area contributed by atoms with E-state index in [1.807, 2.05) is 4.90 Å². The number of amides is 2. The summed E-state index contributed by atoms with van der Waals surface area (Å²) in [7, 11) is -2.02. The topological polar surface area (TPSA) is 83.7 Å². The predicted molar refractivity (Wildman–Crippen MR) is 77.0 cm³/mol. The van der Waals surface area contributed by atoms with E-state index in [2.05, 4.69) is 0 Å². The number of urea groups is 1. The van der Waals surface area contributed by atoms with Crippen molar-refractivity contribution >= 4 is 21.7 Å². The third-order valence-corrected chi connectivity index (χ3v) is 4.40. The van der Waals surface area contributed by atoms with E-state index in [1.54, 1.807) is 19.2 Å². The molecule has 0 aromatic heterocycles. The minimum absolute atomic E-state index is 0.0417. The van der Waals surface area contributed by atoms with Gasteiger partial charge >= 0.3 is 6.03 Å². The molecule has 6 nitrogen and oxygen atoms in total. The number of hydrogen-bond donors (Lipinski definition) is 1. The highest BCUT2D eigenvalue weighted by Crippen LogP contribution is 2.19. The number of carbonyl (C=O) groups is 1. The van der Waals surface area contributed by atoms with Crippen molar-refractivity contribution in [1.82, 2.24) is 4.90 Å². The molecule has 0 spiro atoms. The summed E-state index contributed by atoms with van der Waals surface area (Å²) in [5.41, 5.74) is 0.646. The summed E-state index contributed by atoms with van der Waals surface area (Å²) in [6.45, 7) is 1.55. The zero-order valence-electron chi connectivity index (χ0n) is 11.4. The monoisotopic (exact) mass is 297 g/mol. The van der Waals surface area contributed by atoms with Crippen molar-refractivity contribution in [3.05, 3.63) is 24.3 Å². The summed E-state index contributed by atoms with van der Waals surface area (Å²) in [5, 5.41) is 5.04. The molecule has 1 saturated heterocycles. The Morgan fingerprint density at radius 3 is 2.20 bits per heavy atom. The van der Waals surface area contributed by atoms with Crippen LogP contribution in [0, 0.1) is 0 Å². The van der Waals surface area contributed by atoms with Gasteiger partial charge in [0.1, 0.15) is 0 Å². The number of benzene rings is 1. The lowest BCUT2D eigenvalue weighted by Gasteiger charge is -2.31. The number of hydrogen-bond acceptors (Lipinski definition) is 3. The molecular formula is C13H19N3O3S. The zero-order valence-corrected chi connectivity index (χ0v) is 12.3. The van der Waals surface area contributed by atoms with E-state index in [4.69, 9.17) is 5.14 Å². The first-order valence-electron chi connectivity index (χ1n) is 6.55. The van der Waals surface area contributed by atoms with Gasteiger partial charge in [-0.3, -0.25) is 4.90 Å². The Morgan fingerprint density at radius 1 is 1.15 bits per heavy atom. The number of piperidine rings is 1. The molecule has 1 aliphatic heterocycles. The summed E-state index contributed by atoms with van der Waals surface area (Å²) in [6.07, 6.45) is 3.23. The lowest BCUT2D eigenvalue weighted by molar-refractivity contribution is 0.194. The standard InChI is InChI=1S/C13H19N3O3S/c1-15(13(17)16-9-3-2-4-10-16)11-5-7-12(8-6-11)20(14,18)19/h5-8H,2-4,9-10H2,1H3,(H2,14,18,19). The highest BCUT2D eigenvalue weighted by Gasteiger charge is 2.21. The van der Waals surface area contributed by atoms with Crippen LogP contribution in [-0.2, 0) is 10.0 Å². The van der Waals surface area contributed by atoms with E-state index in [9.17, 15) is 13.2 Å². The molecule has 2 N–H and O–H groups in total. The number of nitrogens with zero attached hydrogens (tertiary/aromatic N) is 2.